The first-order valence-corrected chi connectivity index (χ1v) is 7.79. The summed E-state index contributed by atoms with van der Waals surface area (Å²) in [5.41, 5.74) is 0. The maximum Gasteiger partial charge on any atom is 0.239 e. The van der Waals surface area contributed by atoms with Gasteiger partial charge in [0.2, 0.25) is 5.91 Å². The molecule has 0 aromatic rings. The lowest BCUT2D eigenvalue weighted by molar-refractivity contribution is -0.138. The molecule has 104 valence electrons. The van der Waals surface area contributed by atoms with Gasteiger partial charge in [0.05, 0.1) is 6.04 Å². The zero-order valence-electron chi connectivity index (χ0n) is 12.0. The van der Waals surface area contributed by atoms with Crippen LogP contribution >= 0.6 is 0 Å². The summed E-state index contributed by atoms with van der Waals surface area (Å²) in [5.74, 6) is 0.358. The van der Waals surface area contributed by atoms with E-state index in [4.69, 9.17) is 0 Å². The lowest BCUT2D eigenvalue weighted by atomic mass is 10.0. The van der Waals surface area contributed by atoms with Crippen molar-refractivity contribution in [3.63, 3.8) is 0 Å². The highest BCUT2D eigenvalue weighted by Crippen LogP contribution is 2.24. The van der Waals surface area contributed by atoms with E-state index in [0.717, 1.165) is 25.8 Å². The van der Waals surface area contributed by atoms with Crippen LogP contribution in [-0.4, -0.2) is 35.5 Å². The number of unbranched alkanes of at least 4 members (excludes halogenated alkanes) is 2. The Balaban J connectivity index is 1.80. The van der Waals surface area contributed by atoms with E-state index in [1.54, 1.807) is 0 Å². The molecule has 1 aliphatic heterocycles. The molecule has 3 nitrogen and oxygen atoms in total. The van der Waals surface area contributed by atoms with Crippen LogP contribution in [0.1, 0.15) is 65.2 Å². The molecule has 0 spiro atoms. The number of nitrogens with one attached hydrogen (secondary N) is 1. The second kappa shape index (κ2) is 6.55. The van der Waals surface area contributed by atoms with E-state index in [1.807, 2.05) is 0 Å². The summed E-state index contributed by atoms with van der Waals surface area (Å²) < 4.78 is 0. The highest BCUT2D eigenvalue weighted by atomic mass is 16.2. The summed E-state index contributed by atoms with van der Waals surface area (Å²) in [5, 5.41) is 3.50. The fourth-order valence-electron chi connectivity index (χ4n) is 2.87. The Morgan fingerprint density at radius 3 is 2.78 bits per heavy atom. The van der Waals surface area contributed by atoms with E-state index in [2.05, 4.69) is 24.1 Å². The van der Waals surface area contributed by atoms with Crippen molar-refractivity contribution in [3.8, 4) is 0 Å². The molecular weight excluding hydrogens is 224 g/mol. The molecule has 2 atom stereocenters. The Morgan fingerprint density at radius 2 is 2.11 bits per heavy atom. The molecule has 2 rings (SSSR count). The van der Waals surface area contributed by atoms with Gasteiger partial charge in [-0.3, -0.25) is 4.79 Å². The molecule has 2 aliphatic rings. The Labute approximate surface area is 111 Å². The van der Waals surface area contributed by atoms with Crippen molar-refractivity contribution in [1.82, 2.24) is 10.2 Å². The molecule has 18 heavy (non-hydrogen) atoms. The van der Waals surface area contributed by atoms with Crippen molar-refractivity contribution in [2.45, 2.75) is 83.3 Å². The van der Waals surface area contributed by atoms with Crippen molar-refractivity contribution in [1.29, 1.82) is 0 Å². The third kappa shape index (κ3) is 3.71. The number of rotatable bonds is 7. The van der Waals surface area contributed by atoms with Gasteiger partial charge in [-0.15, -0.1) is 0 Å². The van der Waals surface area contributed by atoms with Gasteiger partial charge in [-0.05, 0) is 39.0 Å². The Morgan fingerprint density at radius 1 is 1.33 bits per heavy atom. The minimum absolute atomic E-state index is 0.111. The summed E-state index contributed by atoms with van der Waals surface area (Å²) in [6.07, 6.45) is 9.67. The number of carbonyl (C=O) groups is 1. The van der Waals surface area contributed by atoms with E-state index in [1.165, 1.54) is 32.1 Å². The van der Waals surface area contributed by atoms with Crippen LogP contribution in [0.25, 0.3) is 0 Å². The first-order chi connectivity index (χ1) is 8.72. The van der Waals surface area contributed by atoms with Gasteiger partial charge in [0, 0.05) is 18.6 Å². The molecule has 0 aromatic carbocycles. The molecule has 1 amide bonds. The van der Waals surface area contributed by atoms with Crippen molar-refractivity contribution in [2.24, 2.45) is 0 Å². The van der Waals surface area contributed by atoms with E-state index in [-0.39, 0.29) is 6.04 Å². The normalized spacial score (nSPS) is 26.4. The number of carbonyl (C=O) groups excluding carboxylic acids is 1. The molecule has 1 aliphatic carbocycles. The van der Waals surface area contributed by atoms with Crippen LogP contribution < -0.4 is 5.32 Å². The molecule has 1 saturated heterocycles. The summed E-state index contributed by atoms with van der Waals surface area (Å²) in [6.45, 7) is 5.41. The summed E-state index contributed by atoms with van der Waals surface area (Å²) in [4.78, 5) is 14.6. The van der Waals surface area contributed by atoms with E-state index in [0.29, 0.717) is 18.0 Å². The SMILES string of the molecule is CCCCCC(C)N1CCCC(NC2CC2)C1=O. The standard InChI is InChI=1S/C15H28N2O/c1-3-4-5-7-12(2)17-11-6-8-14(15(17)18)16-13-9-10-13/h12-14,16H,3-11H2,1-2H3. The lowest BCUT2D eigenvalue weighted by Gasteiger charge is -2.37. The van der Waals surface area contributed by atoms with Gasteiger partial charge >= 0.3 is 0 Å². The van der Waals surface area contributed by atoms with Gasteiger partial charge in [0.15, 0.2) is 0 Å². The number of amides is 1. The molecule has 2 unspecified atom stereocenters. The van der Waals surface area contributed by atoms with Crippen LogP contribution in [0, 0.1) is 0 Å². The van der Waals surface area contributed by atoms with Crippen LogP contribution in [0.2, 0.25) is 0 Å². The topological polar surface area (TPSA) is 32.3 Å². The molecular formula is C15H28N2O. The first-order valence-electron chi connectivity index (χ1n) is 7.79. The van der Waals surface area contributed by atoms with E-state index in [9.17, 15) is 4.79 Å². The molecule has 1 N–H and O–H groups in total. The number of nitrogens with zero attached hydrogens (tertiary/aromatic N) is 1. The molecule has 0 radical (unpaired) electrons. The highest BCUT2D eigenvalue weighted by Gasteiger charge is 2.34. The highest BCUT2D eigenvalue weighted by molar-refractivity contribution is 5.83. The average molecular weight is 252 g/mol. The maximum absolute atomic E-state index is 12.4. The monoisotopic (exact) mass is 252 g/mol. The fourth-order valence-corrected chi connectivity index (χ4v) is 2.87. The third-order valence-corrected chi connectivity index (χ3v) is 4.24. The number of hydrogen-bond acceptors (Lipinski definition) is 2. The number of hydrogen-bond donors (Lipinski definition) is 1. The molecule has 2 fully saturated rings. The van der Waals surface area contributed by atoms with Gasteiger partial charge in [-0.1, -0.05) is 26.2 Å². The summed E-state index contributed by atoms with van der Waals surface area (Å²) in [6, 6.07) is 1.17. The average Bonchev–Trinajstić information content (AvgIpc) is 3.16. The van der Waals surface area contributed by atoms with Crippen LogP contribution in [-0.2, 0) is 4.79 Å². The predicted octanol–water partition coefficient (Wildman–Crippen LogP) is 2.70. The van der Waals surface area contributed by atoms with Crippen molar-refractivity contribution in [2.75, 3.05) is 6.54 Å². The van der Waals surface area contributed by atoms with Crippen LogP contribution in [0.3, 0.4) is 0 Å². The quantitative estimate of drug-likeness (QED) is 0.707. The second-order valence-electron chi connectivity index (χ2n) is 6.01. The van der Waals surface area contributed by atoms with Crippen LogP contribution in [0.4, 0.5) is 0 Å². The van der Waals surface area contributed by atoms with Gasteiger partial charge in [0.25, 0.3) is 0 Å². The van der Waals surface area contributed by atoms with Crippen molar-refractivity contribution < 1.29 is 4.79 Å². The molecule has 1 heterocycles. The minimum Gasteiger partial charge on any atom is -0.339 e. The Hall–Kier alpha value is -0.570. The smallest absolute Gasteiger partial charge is 0.239 e. The molecule has 0 aromatic heterocycles. The number of piperidine rings is 1. The Bertz CT molecular complexity index is 276. The zero-order valence-corrected chi connectivity index (χ0v) is 12.0. The number of likely N-dealkylation sites (tertiary alicyclic amines) is 1. The van der Waals surface area contributed by atoms with Crippen molar-refractivity contribution in [3.05, 3.63) is 0 Å². The molecule has 0 bridgehead atoms. The van der Waals surface area contributed by atoms with Gasteiger partial charge in [-0.2, -0.15) is 0 Å². The minimum atomic E-state index is 0.111. The van der Waals surface area contributed by atoms with E-state index < -0.39 is 0 Å². The molecule has 1 saturated carbocycles. The van der Waals surface area contributed by atoms with Crippen LogP contribution in [0.5, 0.6) is 0 Å². The molecule has 3 heteroatoms. The van der Waals surface area contributed by atoms with Crippen molar-refractivity contribution >= 4 is 5.91 Å². The third-order valence-electron chi connectivity index (χ3n) is 4.24. The summed E-state index contributed by atoms with van der Waals surface area (Å²) >= 11 is 0. The van der Waals surface area contributed by atoms with Gasteiger partial charge in [-0.25, -0.2) is 0 Å². The maximum atomic E-state index is 12.4. The van der Waals surface area contributed by atoms with Crippen LogP contribution in [0.15, 0.2) is 0 Å². The van der Waals surface area contributed by atoms with Gasteiger partial charge in [0.1, 0.15) is 0 Å². The second-order valence-corrected chi connectivity index (χ2v) is 6.01. The lowest BCUT2D eigenvalue weighted by Crippen LogP contribution is -2.54. The first kappa shape index (κ1) is 13.9. The fraction of sp³-hybridized carbons (Fsp3) is 0.933. The zero-order chi connectivity index (χ0) is 13.0. The summed E-state index contributed by atoms with van der Waals surface area (Å²) in [7, 11) is 0. The van der Waals surface area contributed by atoms with Gasteiger partial charge < -0.3 is 10.2 Å². The van der Waals surface area contributed by atoms with E-state index >= 15 is 0 Å². The Kier molecular flexibility index (Phi) is 5.04. The predicted molar refractivity (Wildman–Crippen MR) is 74.5 cm³/mol. The largest absolute Gasteiger partial charge is 0.339 e.